The molecule has 0 aromatic carbocycles. The molecule has 0 saturated heterocycles. The number of pyridine rings is 2. The maximum atomic E-state index is 13.1. The quantitative estimate of drug-likeness (QED) is 0.515. The second kappa shape index (κ2) is 10.1. The Hall–Kier alpha value is -4.31. The number of nitriles is 2. The molecule has 4 rings (SSSR count). The molecule has 3 aromatic rings. The summed E-state index contributed by atoms with van der Waals surface area (Å²) in [6.45, 7) is 1.70. The number of rotatable bonds is 7. The van der Waals surface area contributed by atoms with Gasteiger partial charge in [0.1, 0.15) is 18.4 Å². The highest BCUT2D eigenvalue weighted by Crippen LogP contribution is 2.27. The molecular weight excluding hydrogens is 432 g/mol. The molecule has 10 nitrogen and oxygen atoms in total. The molecule has 0 unspecified atom stereocenters. The first-order valence-electron chi connectivity index (χ1n) is 11.2. The second-order valence-electron chi connectivity index (χ2n) is 8.48. The summed E-state index contributed by atoms with van der Waals surface area (Å²) in [5.74, 6) is 0.542. The van der Waals surface area contributed by atoms with Gasteiger partial charge in [-0.1, -0.05) is 0 Å². The predicted octanol–water partition coefficient (Wildman–Crippen LogP) is 2.89. The summed E-state index contributed by atoms with van der Waals surface area (Å²) in [7, 11) is 0. The minimum atomic E-state index is -0.536. The first kappa shape index (κ1) is 22.9. The molecule has 0 spiro atoms. The van der Waals surface area contributed by atoms with Crippen LogP contribution in [0.3, 0.4) is 0 Å². The largest absolute Gasteiger partial charge is 0.369 e. The number of aldehydes is 1. The SMILES string of the molecule is C[C@H](C#N)Nc1cc(-n2ncc3cc(C#N)cnc32)ncc1C(=O)NC1CCC(CC=O)CC1. The molecule has 1 fully saturated rings. The molecule has 172 valence electrons. The lowest BCUT2D eigenvalue weighted by atomic mass is 9.84. The molecule has 0 bridgehead atoms. The van der Waals surface area contributed by atoms with E-state index >= 15 is 0 Å². The number of fused-ring (bicyclic) bond motifs is 1. The molecule has 3 heterocycles. The Bertz CT molecular complexity index is 1290. The summed E-state index contributed by atoms with van der Waals surface area (Å²) in [5, 5.41) is 29.5. The lowest BCUT2D eigenvalue weighted by Crippen LogP contribution is -2.38. The van der Waals surface area contributed by atoms with Gasteiger partial charge in [0.05, 0.1) is 29.1 Å². The number of aromatic nitrogens is 4. The molecule has 1 saturated carbocycles. The van der Waals surface area contributed by atoms with Crippen LogP contribution >= 0.6 is 0 Å². The molecule has 2 N–H and O–H groups in total. The molecule has 34 heavy (non-hydrogen) atoms. The predicted molar refractivity (Wildman–Crippen MR) is 124 cm³/mol. The summed E-state index contributed by atoms with van der Waals surface area (Å²) in [5.41, 5.74) is 1.74. The van der Waals surface area contributed by atoms with Gasteiger partial charge in [-0.15, -0.1) is 0 Å². The smallest absolute Gasteiger partial charge is 0.255 e. The Morgan fingerprint density at radius 2 is 2.00 bits per heavy atom. The molecule has 0 aliphatic heterocycles. The maximum Gasteiger partial charge on any atom is 0.255 e. The van der Waals surface area contributed by atoms with Gasteiger partial charge in [0.25, 0.3) is 5.91 Å². The third kappa shape index (κ3) is 4.86. The third-order valence-corrected chi connectivity index (χ3v) is 6.07. The summed E-state index contributed by atoms with van der Waals surface area (Å²) in [6.07, 6.45) is 9.51. The van der Waals surface area contributed by atoms with E-state index in [-0.39, 0.29) is 11.9 Å². The van der Waals surface area contributed by atoms with Crippen LogP contribution < -0.4 is 10.6 Å². The Morgan fingerprint density at radius 1 is 1.21 bits per heavy atom. The summed E-state index contributed by atoms with van der Waals surface area (Å²) in [6, 6.07) is 7.02. The van der Waals surface area contributed by atoms with Crippen LogP contribution in [0.1, 0.15) is 54.9 Å². The molecular formula is C24H24N8O2. The van der Waals surface area contributed by atoms with Gasteiger partial charge >= 0.3 is 0 Å². The molecule has 10 heteroatoms. The topological polar surface area (TPSA) is 149 Å². The van der Waals surface area contributed by atoms with Crippen molar-refractivity contribution in [2.45, 2.75) is 51.1 Å². The van der Waals surface area contributed by atoms with Gasteiger partial charge in [0, 0.05) is 36.3 Å². The number of carbonyl (C=O) groups is 2. The van der Waals surface area contributed by atoms with E-state index < -0.39 is 6.04 Å². The number of amides is 1. The van der Waals surface area contributed by atoms with Crippen molar-refractivity contribution in [3.63, 3.8) is 0 Å². The van der Waals surface area contributed by atoms with Crippen molar-refractivity contribution in [2.24, 2.45) is 5.92 Å². The fourth-order valence-corrected chi connectivity index (χ4v) is 4.22. The summed E-state index contributed by atoms with van der Waals surface area (Å²) < 4.78 is 1.52. The average Bonchev–Trinajstić information content (AvgIpc) is 3.28. The van der Waals surface area contributed by atoms with Crippen LogP contribution in [-0.4, -0.2) is 44.0 Å². The number of nitrogens with zero attached hydrogens (tertiary/aromatic N) is 6. The van der Waals surface area contributed by atoms with E-state index in [9.17, 15) is 14.9 Å². The van der Waals surface area contributed by atoms with E-state index in [1.54, 1.807) is 25.3 Å². The van der Waals surface area contributed by atoms with E-state index in [0.29, 0.717) is 46.0 Å². The minimum Gasteiger partial charge on any atom is -0.369 e. The normalized spacial score (nSPS) is 18.4. The molecule has 1 aliphatic rings. The zero-order valence-electron chi connectivity index (χ0n) is 18.7. The van der Waals surface area contributed by atoms with Gasteiger partial charge in [-0.25, -0.2) is 9.97 Å². The van der Waals surface area contributed by atoms with Crippen molar-refractivity contribution < 1.29 is 9.59 Å². The minimum absolute atomic E-state index is 0.0323. The van der Waals surface area contributed by atoms with Gasteiger partial charge in [-0.05, 0) is 44.6 Å². The van der Waals surface area contributed by atoms with Gasteiger partial charge in [0.15, 0.2) is 11.5 Å². The van der Waals surface area contributed by atoms with Gasteiger partial charge in [0.2, 0.25) is 0 Å². The molecule has 3 aromatic heterocycles. The highest BCUT2D eigenvalue weighted by atomic mass is 16.1. The van der Waals surface area contributed by atoms with Gasteiger partial charge in [-0.2, -0.15) is 20.3 Å². The number of nitrogens with one attached hydrogen (secondary N) is 2. The number of hydrogen-bond donors (Lipinski definition) is 2. The van der Waals surface area contributed by atoms with Crippen LogP contribution in [0.15, 0.2) is 30.7 Å². The lowest BCUT2D eigenvalue weighted by Gasteiger charge is -2.28. The highest BCUT2D eigenvalue weighted by Gasteiger charge is 2.24. The van der Waals surface area contributed by atoms with E-state index in [1.807, 2.05) is 0 Å². The summed E-state index contributed by atoms with van der Waals surface area (Å²) in [4.78, 5) is 32.6. The van der Waals surface area contributed by atoms with Crippen molar-refractivity contribution in [1.29, 1.82) is 10.5 Å². The third-order valence-electron chi connectivity index (χ3n) is 6.07. The molecule has 0 radical (unpaired) electrons. The Morgan fingerprint density at radius 3 is 2.71 bits per heavy atom. The molecule has 1 atom stereocenters. The van der Waals surface area contributed by atoms with E-state index in [1.165, 1.54) is 17.1 Å². The standard InChI is InChI=1S/C24H24N8O2/c1-15(10-25)30-21-9-22(32-23-18(13-29-32)8-17(11-26)12-28-23)27-14-20(21)24(34)31-19-4-2-16(3-5-19)6-7-33/h7-9,12-16,19H,2-6H2,1H3,(H,27,30)(H,31,34)/t15-,16?,19?/m1/s1. The van der Waals surface area contributed by atoms with E-state index in [0.717, 1.165) is 32.0 Å². The number of carbonyl (C=O) groups excluding carboxylic acids is 2. The Balaban J connectivity index is 1.60. The number of hydrogen-bond acceptors (Lipinski definition) is 8. The average molecular weight is 457 g/mol. The number of anilines is 1. The van der Waals surface area contributed by atoms with Gasteiger partial charge in [-0.3, -0.25) is 4.79 Å². The molecule has 1 amide bonds. The maximum absolute atomic E-state index is 13.1. The Labute approximate surface area is 196 Å². The van der Waals surface area contributed by atoms with Crippen LogP contribution in [0.2, 0.25) is 0 Å². The van der Waals surface area contributed by atoms with Crippen molar-refractivity contribution in [3.8, 4) is 18.0 Å². The van der Waals surface area contributed by atoms with Crippen LogP contribution in [0.25, 0.3) is 16.9 Å². The highest BCUT2D eigenvalue weighted by molar-refractivity contribution is 6.00. The Kier molecular flexibility index (Phi) is 6.79. The first-order chi connectivity index (χ1) is 16.5. The van der Waals surface area contributed by atoms with Crippen molar-refractivity contribution >= 4 is 28.9 Å². The zero-order valence-corrected chi connectivity index (χ0v) is 18.7. The van der Waals surface area contributed by atoms with Gasteiger partial charge < -0.3 is 15.4 Å². The first-order valence-corrected chi connectivity index (χ1v) is 11.2. The van der Waals surface area contributed by atoms with Crippen molar-refractivity contribution in [3.05, 3.63) is 41.9 Å². The fourth-order valence-electron chi connectivity index (χ4n) is 4.22. The van der Waals surface area contributed by atoms with E-state index in [4.69, 9.17) is 5.26 Å². The monoisotopic (exact) mass is 456 g/mol. The van der Waals surface area contributed by atoms with Crippen LogP contribution in [0.5, 0.6) is 0 Å². The van der Waals surface area contributed by atoms with Crippen LogP contribution in [0.4, 0.5) is 5.69 Å². The van der Waals surface area contributed by atoms with Crippen molar-refractivity contribution in [1.82, 2.24) is 25.1 Å². The second-order valence-corrected chi connectivity index (χ2v) is 8.48. The van der Waals surface area contributed by atoms with Crippen LogP contribution in [-0.2, 0) is 4.79 Å². The van der Waals surface area contributed by atoms with E-state index in [2.05, 4.69) is 37.8 Å². The molecule has 1 aliphatic carbocycles. The fraction of sp³-hybridized carbons (Fsp3) is 0.375. The summed E-state index contributed by atoms with van der Waals surface area (Å²) >= 11 is 0. The zero-order chi connectivity index (χ0) is 24.1. The van der Waals surface area contributed by atoms with Crippen LogP contribution in [0, 0.1) is 28.6 Å². The van der Waals surface area contributed by atoms with Crippen molar-refractivity contribution in [2.75, 3.05) is 5.32 Å². The lowest BCUT2D eigenvalue weighted by molar-refractivity contribution is -0.108.